The maximum Gasteiger partial charge on any atom is 0.307 e. The van der Waals surface area contributed by atoms with Crippen LogP contribution in [0, 0.1) is 0 Å². The number of halogens is 1. The molecule has 1 atom stereocenters. The first kappa shape index (κ1) is 12.8. The first-order valence-electron chi connectivity index (χ1n) is 5.90. The lowest BCUT2D eigenvalue weighted by Gasteiger charge is -2.20. The summed E-state index contributed by atoms with van der Waals surface area (Å²) in [7, 11) is -4.58. The molecule has 0 aromatic rings. The van der Waals surface area contributed by atoms with Gasteiger partial charge in [-0.1, -0.05) is 0 Å². The second-order valence-corrected chi connectivity index (χ2v) is 6.31. The lowest BCUT2D eigenvalue weighted by Crippen LogP contribution is -2.35. The van der Waals surface area contributed by atoms with Crippen LogP contribution >= 0.6 is 0 Å². The van der Waals surface area contributed by atoms with E-state index in [0.29, 0.717) is 6.54 Å². The molecule has 1 amide bonds. The van der Waals surface area contributed by atoms with Crippen LogP contribution in [0.25, 0.3) is 0 Å². The van der Waals surface area contributed by atoms with Crippen molar-refractivity contribution in [1.82, 2.24) is 9.80 Å². The van der Waals surface area contributed by atoms with E-state index in [1.807, 2.05) is 0 Å². The van der Waals surface area contributed by atoms with Crippen LogP contribution < -0.4 is 0 Å². The Morgan fingerprint density at radius 1 is 1.24 bits per heavy atom. The van der Waals surface area contributed by atoms with Crippen molar-refractivity contribution in [3.63, 3.8) is 0 Å². The van der Waals surface area contributed by atoms with Crippen molar-refractivity contribution < 1.29 is 17.1 Å². The summed E-state index contributed by atoms with van der Waals surface area (Å²) in [6.07, 6.45) is 2.14. The van der Waals surface area contributed by atoms with Crippen LogP contribution in [0.2, 0.25) is 0 Å². The molecule has 2 heterocycles. The van der Waals surface area contributed by atoms with Gasteiger partial charge in [-0.3, -0.25) is 4.79 Å². The molecule has 2 saturated heterocycles. The number of hydrogen-bond acceptors (Lipinski definition) is 4. The van der Waals surface area contributed by atoms with Gasteiger partial charge in [0.2, 0.25) is 5.91 Å². The molecule has 2 aliphatic rings. The predicted molar refractivity (Wildman–Crippen MR) is 60.7 cm³/mol. The molecular weight excluding hydrogens is 247 g/mol. The fraction of sp³-hybridized carbons (Fsp3) is 0.900. The van der Waals surface area contributed by atoms with Gasteiger partial charge in [0.1, 0.15) is 5.25 Å². The highest BCUT2D eigenvalue weighted by Crippen LogP contribution is 2.19. The Labute approximate surface area is 101 Å². The summed E-state index contributed by atoms with van der Waals surface area (Å²) in [4.78, 5) is 15.2. The predicted octanol–water partition coefficient (Wildman–Crippen LogP) is -0.0176. The highest BCUT2D eigenvalue weighted by atomic mass is 32.3. The fourth-order valence-electron chi connectivity index (χ4n) is 2.41. The van der Waals surface area contributed by atoms with Gasteiger partial charge in [0.05, 0.1) is 0 Å². The Kier molecular flexibility index (Phi) is 3.67. The highest BCUT2D eigenvalue weighted by molar-refractivity contribution is 7.87. The van der Waals surface area contributed by atoms with E-state index in [9.17, 15) is 17.1 Å². The first-order chi connectivity index (χ1) is 7.97. The number of likely N-dealkylation sites (tertiary alicyclic amines) is 2. The summed E-state index contributed by atoms with van der Waals surface area (Å²) in [5.41, 5.74) is 0. The molecular formula is C10H17FN2O3S. The van der Waals surface area contributed by atoms with E-state index in [2.05, 4.69) is 4.90 Å². The van der Waals surface area contributed by atoms with Crippen LogP contribution in [0.1, 0.15) is 19.3 Å². The minimum Gasteiger partial charge on any atom is -0.340 e. The fourth-order valence-corrected chi connectivity index (χ4v) is 3.11. The number of rotatable bonds is 4. The quantitative estimate of drug-likeness (QED) is 0.670. The molecule has 7 heteroatoms. The zero-order valence-electron chi connectivity index (χ0n) is 9.64. The summed E-state index contributed by atoms with van der Waals surface area (Å²) in [5, 5.41) is -1.16. The number of nitrogens with zero attached hydrogens (tertiary/aromatic N) is 2. The molecule has 0 N–H and O–H groups in total. The number of amides is 1. The maximum atomic E-state index is 12.8. The Hall–Kier alpha value is -0.690. The Morgan fingerprint density at radius 3 is 2.41 bits per heavy atom. The molecule has 2 rings (SSSR count). The third-order valence-electron chi connectivity index (χ3n) is 3.46. The van der Waals surface area contributed by atoms with Gasteiger partial charge in [0, 0.05) is 26.1 Å². The van der Waals surface area contributed by atoms with Gasteiger partial charge in [0.25, 0.3) is 0 Å². The molecule has 17 heavy (non-hydrogen) atoms. The molecule has 98 valence electrons. The van der Waals surface area contributed by atoms with Gasteiger partial charge < -0.3 is 9.80 Å². The monoisotopic (exact) mass is 264 g/mol. The lowest BCUT2D eigenvalue weighted by atomic mass is 10.4. The van der Waals surface area contributed by atoms with E-state index in [-0.39, 0.29) is 18.9 Å². The normalized spacial score (nSPS) is 27.0. The van der Waals surface area contributed by atoms with Crippen molar-refractivity contribution >= 4 is 16.1 Å². The summed E-state index contributed by atoms with van der Waals surface area (Å²) < 4.78 is 34.2. The molecule has 0 aromatic heterocycles. The van der Waals surface area contributed by atoms with Crippen molar-refractivity contribution in [1.29, 1.82) is 0 Å². The summed E-state index contributed by atoms with van der Waals surface area (Å²) >= 11 is 0. The third-order valence-corrected chi connectivity index (χ3v) is 4.57. The highest BCUT2D eigenvalue weighted by Gasteiger charge is 2.38. The topological polar surface area (TPSA) is 57.7 Å². The molecule has 0 saturated carbocycles. The molecule has 2 aliphatic heterocycles. The van der Waals surface area contributed by atoms with Gasteiger partial charge >= 0.3 is 10.2 Å². The van der Waals surface area contributed by atoms with E-state index in [1.165, 1.54) is 17.7 Å². The largest absolute Gasteiger partial charge is 0.340 e. The molecule has 2 fully saturated rings. The van der Waals surface area contributed by atoms with E-state index in [0.717, 1.165) is 19.6 Å². The smallest absolute Gasteiger partial charge is 0.307 e. The van der Waals surface area contributed by atoms with Crippen molar-refractivity contribution in [2.75, 3.05) is 32.7 Å². The van der Waals surface area contributed by atoms with Crippen molar-refractivity contribution in [2.24, 2.45) is 0 Å². The minimum absolute atomic E-state index is 0.00546. The molecule has 0 radical (unpaired) electrons. The average Bonchev–Trinajstić information content (AvgIpc) is 2.83. The van der Waals surface area contributed by atoms with Crippen molar-refractivity contribution in [3.05, 3.63) is 0 Å². The second-order valence-electron chi connectivity index (χ2n) is 4.69. The molecule has 0 aliphatic carbocycles. The summed E-state index contributed by atoms with van der Waals surface area (Å²) in [5.74, 6) is -0.254. The Bertz CT molecular complexity index is 392. The van der Waals surface area contributed by atoms with Gasteiger partial charge in [-0.15, -0.1) is 3.89 Å². The minimum atomic E-state index is -4.58. The van der Waals surface area contributed by atoms with E-state index in [1.54, 1.807) is 0 Å². The molecule has 1 unspecified atom stereocenters. The van der Waals surface area contributed by atoms with E-state index < -0.39 is 15.5 Å². The van der Waals surface area contributed by atoms with Crippen LogP contribution in [0.4, 0.5) is 3.89 Å². The molecule has 0 bridgehead atoms. The number of carbonyl (C=O) groups excluding carboxylic acids is 1. The van der Waals surface area contributed by atoms with Crippen LogP contribution in [0.3, 0.4) is 0 Å². The number of hydrogen-bond donors (Lipinski definition) is 0. The second kappa shape index (κ2) is 4.89. The van der Waals surface area contributed by atoms with Crippen molar-refractivity contribution in [2.45, 2.75) is 24.5 Å². The summed E-state index contributed by atoms with van der Waals surface area (Å²) in [6, 6.07) is 0. The van der Waals surface area contributed by atoms with Gasteiger partial charge in [-0.25, -0.2) is 0 Å². The Morgan fingerprint density at radius 2 is 1.88 bits per heavy atom. The summed E-state index contributed by atoms with van der Waals surface area (Å²) in [6.45, 7) is 3.33. The zero-order chi connectivity index (χ0) is 12.5. The zero-order valence-corrected chi connectivity index (χ0v) is 10.5. The molecule has 0 spiro atoms. The SMILES string of the molecule is O=C1CC(S(=O)(=O)F)CN1CCN1CCCC1. The average molecular weight is 264 g/mol. The third kappa shape index (κ3) is 3.16. The van der Waals surface area contributed by atoms with Gasteiger partial charge in [-0.05, 0) is 25.9 Å². The van der Waals surface area contributed by atoms with Crippen LogP contribution in [-0.2, 0) is 15.0 Å². The van der Waals surface area contributed by atoms with Gasteiger partial charge in [-0.2, -0.15) is 8.42 Å². The van der Waals surface area contributed by atoms with Crippen LogP contribution in [0.15, 0.2) is 0 Å². The van der Waals surface area contributed by atoms with Gasteiger partial charge in [0.15, 0.2) is 0 Å². The molecule has 5 nitrogen and oxygen atoms in total. The maximum absolute atomic E-state index is 12.8. The lowest BCUT2D eigenvalue weighted by molar-refractivity contribution is -0.127. The standard InChI is InChI=1S/C10H17FN2O3S/c11-17(15,16)9-7-10(14)13(8-9)6-5-12-3-1-2-4-12/h9H,1-8H2. The van der Waals surface area contributed by atoms with Crippen molar-refractivity contribution in [3.8, 4) is 0 Å². The van der Waals surface area contributed by atoms with E-state index in [4.69, 9.17) is 0 Å². The molecule has 0 aromatic carbocycles. The van der Waals surface area contributed by atoms with Crippen LogP contribution in [-0.4, -0.2) is 62.1 Å². The van der Waals surface area contributed by atoms with E-state index >= 15 is 0 Å². The number of carbonyl (C=O) groups is 1. The Balaban J connectivity index is 1.83. The first-order valence-corrected chi connectivity index (χ1v) is 7.35. The van der Waals surface area contributed by atoms with Crippen LogP contribution in [0.5, 0.6) is 0 Å².